The summed E-state index contributed by atoms with van der Waals surface area (Å²) in [6.45, 7) is 0.200. The van der Waals surface area contributed by atoms with Gasteiger partial charge >= 0.3 is 5.97 Å². The minimum atomic E-state index is -1.16. The van der Waals surface area contributed by atoms with Crippen LogP contribution in [0.25, 0.3) is 16.8 Å². The number of nitrogens with zero attached hydrogens (tertiary/aromatic N) is 2. The van der Waals surface area contributed by atoms with Crippen molar-refractivity contribution >= 4 is 29.1 Å². The van der Waals surface area contributed by atoms with E-state index in [-0.39, 0.29) is 24.5 Å². The molecule has 0 fully saturated rings. The molecule has 1 atom stereocenters. The fourth-order valence-electron chi connectivity index (χ4n) is 4.10. The number of hydrogen-bond donors (Lipinski definition) is 2. The van der Waals surface area contributed by atoms with Crippen LogP contribution in [0.5, 0.6) is 5.75 Å². The first-order chi connectivity index (χ1) is 18.8. The molecule has 1 unspecified atom stereocenters. The molecule has 0 spiro atoms. The van der Waals surface area contributed by atoms with Crippen molar-refractivity contribution in [3.05, 3.63) is 125 Å². The summed E-state index contributed by atoms with van der Waals surface area (Å²) in [5, 5.41) is 12.9. The SMILES string of the molecule is O=C(NC(Cc1ccc(OCc2cccc(F)c2)cc1)C(=O)O)c1cn2ccc(-c3ccc(Cl)cc3)cc2n1. The van der Waals surface area contributed by atoms with Gasteiger partial charge in [-0.2, -0.15) is 0 Å². The van der Waals surface area contributed by atoms with E-state index in [1.807, 2.05) is 24.3 Å². The zero-order valence-electron chi connectivity index (χ0n) is 20.6. The Bertz CT molecular complexity index is 1630. The van der Waals surface area contributed by atoms with Gasteiger partial charge in [0.2, 0.25) is 0 Å². The Hall–Kier alpha value is -4.69. The largest absolute Gasteiger partial charge is 0.489 e. The van der Waals surface area contributed by atoms with Crippen LogP contribution >= 0.6 is 11.6 Å². The van der Waals surface area contributed by atoms with Crippen LogP contribution in [0.15, 0.2) is 97.3 Å². The smallest absolute Gasteiger partial charge is 0.326 e. The molecule has 0 bridgehead atoms. The second-order valence-electron chi connectivity index (χ2n) is 8.94. The Kier molecular flexibility index (Phi) is 7.56. The first kappa shape index (κ1) is 25.9. The van der Waals surface area contributed by atoms with Gasteiger partial charge in [0, 0.05) is 23.8 Å². The van der Waals surface area contributed by atoms with Gasteiger partial charge in [-0.25, -0.2) is 14.2 Å². The molecule has 0 aliphatic carbocycles. The Morgan fingerprint density at radius 3 is 2.46 bits per heavy atom. The highest BCUT2D eigenvalue weighted by Crippen LogP contribution is 2.23. The number of aromatic nitrogens is 2. The molecule has 2 N–H and O–H groups in total. The number of nitrogens with one attached hydrogen (secondary N) is 1. The predicted octanol–water partition coefficient (Wildman–Crippen LogP) is 5.80. The highest BCUT2D eigenvalue weighted by molar-refractivity contribution is 6.30. The third-order valence-electron chi connectivity index (χ3n) is 6.13. The quantitative estimate of drug-likeness (QED) is 0.245. The number of halogens is 2. The number of aliphatic carboxylic acids is 1. The van der Waals surface area contributed by atoms with Crippen molar-refractivity contribution in [2.24, 2.45) is 0 Å². The summed E-state index contributed by atoms with van der Waals surface area (Å²) in [7, 11) is 0. The summed E-state index contributed by atoms with van der Waals surface area (Å²) in [6, 6.07) is 23.0. The van der Waals surface area contributed by atoms with Gasteiger partial charge in [0.15, 0.2) is 0 Å². The van der Waals surface area contributed by atoms with Crippen LogP contribution in [0.3, 0.4) is 0 Å². The molecule has 0 saturated carbocycles. The first-order valence-corrected chi connectivity index (χ1v) is 12.5. The topological polar surface area (TPSA) is 92.9 Å². The number of fused-ring (bicyclic) bond motifs is 1. The van der Waals surface area contributed by atoms with Crippen LogP contribution in [-0.4, -0.2) is 32.4 Å². The van der Waals surface area contributed by atoms with Crippen LogP contribution in [-0.2, 0) is 17.8 Å². The second-order valence-corrected chi connectivity index (χ2v) is 9.38. The maximum absolute atomic E-state index is 13.3. The number of hydrogen-bond acceptors (Lipinski definition) is 4. The van der Waals surface area contributed by atoms with Crippen LogP contribution in [0.1, 0.15) is 21.6 Å². The van der Waals surface area contributed by atoms with Crippen LogP contribution in [0, 0.1) is 5.82 Å². The Balaban J connectivity index is 1.23. The summed E-state index contributed by atoms with van der Waals surface area (Å²) in [5.74, 6) is -1.53. The van der Waals surface area contributed by atoms with Gasteiger partial charge in [-0.3, -0.25) is 4.79 Å². The number of benzene rings is 3. The van der Waals surface area contributed by atoms with Gasteiger partial charge in [-0.1, -0.05) is 48.0 Å². The zero-order chi connectivity index (χ0) is 27.4. The number of ether oxygens (including phenoxy) is 1. The monoisotopic (exact) mass is 543 g/mol. The van der Waals surface area contributed by atoms with E-state index in [2.05, 4.69) is 10.3 Å². The second kappa shape index (κ2) is 11.4. The van der Waals surface area contributed by atoms with E-state index in [0.29, 0.717) is 27.5 Å². The lowest BCUT2D eigenvalue weighted by Crippen LogP contribution is -2.42. The van der Waals surface area contributed by atoms with Gasteiger partial charge < -0.3 is 19.6 Å². The number of carbonyl (C=O) groups is 2. The number of carboxylic acids is 1. The highest BCUT2D eigenvalue weighted by atomic mass is 35.5. The maximum Gasteiger partial charge on any atom is 0.326 e. The lowest BCUT2D eigenvalue weighted by atomic mass is 10.1. The van der Waals surface area contributed by atoms with E-state index in [4.69, 9.17) is 16.3 Å². The van der Waals surface area contributed by atoms with Crippen molar-refractivity contribution < 1.29 is 23.8 Å². The molecule has 0 radical (unpaired) electrons. The number of rotatable bonds is 9. The molecular formula is C30H23ClFN3O4. The molecule has 9 heteroatoms. The Labute approximate surface area is 228 Å². The average molecular weight is 544 g/mol. The fourth-order valence-corrected chi connectivity index (χ4v) is 4.22. The minimum Gasteiger partial charge on any atom is -0.489 e. The number of amides is 1. The van der Waals surface area contributed by atoms with Crippen molar-refractivity contribution in [2.45, 2.75) is 19.1 Å². The number of carbonyl (C=O) groups excluding carboxylic acids is 1. The molecule has 5 aromatic rings. The number of pyridine rings is 1. The Morgan fingerprint density at radius 1 is 0.974 bits per heavy atom. The normalized spacial score (nSPS) is 11.7. The van der Waals surface area contributed by atoms with Gasteiger partial charge in [0.25, 0.3) is 5.91 Å². The van der Waals surface area contributed by atoms with E-state index in [0.717, 1.165) is 11.1 Å². The summed E-state index contributed by atoms with van der Waals surface area (Å²) in [5.41, 5.74) is 3.91. The van der Waals surface area contributed by atoms with Gasteiger partial charge in [-0.15, -0.1) is 0 Å². The average Bonchev–Trinajstić information content (AvgIpc) is 3.36. The maximum atomic E-state index is 13.3. The number of imidazole rings is 1. The molecule has 1 amide bonds. The molecule has 0 saturated heterocycles. The van der Waals surface area contributed by atoms with E-state index < -0.39 is 17.9 Å². The molecule has 7 nitrogen and oxygen atoms in total. The standard InChI is InChI=1S/C30H23ClFN3O4/c31-23-8-6-21(7-9-23)22-12-13-35-17-27(33-28(35)16-22)29(36)34-26(30(37)38)15-19-4-10-25(11-5-19)39-18-20-2-1-3-24(32)14-20/h1-14,16-17,26H,15,18H2,(H,34,36)(H,37,38). The molecule has 196 valence electrons. The lowest BCUT2D eigenvalue weighted by molar-refractivity contribution is -0.139. The van der Waals surface area contributed by atoms with Gasteiger partial charge in [0.05, 0.1) is 0 Å². The zero-order valence-corrected chi connectivity index (χ0v) is 21.3. The predicted molar refractivity (Wildman–Crippen MR) is 145 cm³/mol. The molecule has 0 aliphatic rings. The molecule has 39 heavy (non-hydrogen) atoms. The summed E-state index contributed by atoms with van der Waals surface area (Å²) >= 11 is 5.97. The molecule has 3 aromatic carbocycles. The number of carboxylic acid groups (broad SMARTS) is 1. The van der Waals surface area contributed by atoms with Crippen LogP contribution in [0.2, 0.25) is 5.02 Å². The van der Waals surface area contributed by atoms with Crippen molar-refractivity contribution in [1.82, 2.24) is 14.7 Å². The Morgan fingerprint density at radius 2 is 1.74 bits per heavy atom. The molecule has 5 rings (SSSR count). The van der Waals surface area contributed by atoms with Crippen molar-refractivity contribution in [3.8, 4) is 16.9 Å². The van der Waals surface area contributed by atoms with Crippen molar-refractivity contribution in [3.63, 3.8) is 0 Å². The third kappa shape index (κ3) is 6.42. The van der Waals surface area contributed by atoms with E-state index in [1.165, 1.54) is 12.1 Å². The first-order valence-electron chi connectivity index (χ1n) is 12.1. The highest BCUT2D eigenvalue weighted by Gasteiger charge is 2.23. The van der Waals surface area contributed by atoms with Gasteiger partial charge in [0.1, 0.15) is 35.6 Å². The van der Waals surface area contributed by atoms with Crippen LogP contribution < -0.4 is 10.1 Å². The summed E-state index contributed by atoms with van der Waals surface area (Å²) in [4.78, 5) is 29.2. The molecule has 2 aromatic heterocycles. The van der Waals surface area contributed by atoms with E-state index in [9.17, 15) is 19.1 Å². The minimum absolute atomic E-state index is 0.0688. The summed E-state index contributed by atoms with van der Waals surface area (Å²) in [6.07, 6.45) is 3.41. The lowest BCUT2D eigenvalue weighted by Gasteiger charge is -2.14. The van der Waals surface area contributed by atoms with E-state index >= 15 is 0 Å². The molecule has 2 heterocycles. The molecule has 0 aliphatic heterocycles. The molecular weight excluding hydrogens is 521 g/mol. The fraction of sp³-hybridized carbons (Fsp3) is 0.100. The van der Waals surface area contributed by atoms with Crippen LogP contribution in [0.4, 0.5) is 4.39 Å². The van der Waals surface area contributed by atoms with Gasteiger partial charge in [-0.05, 0) is 70.8 Å². The van der Waals surface area contributed by atoms with Crippen molar-refractivity contribution in [2.75, 3.05) is 0 Å². The van der Waals surface area contributed by atoms with Crippen molar-refractivity contribution in [1.29, 1.82) is 0 Å². The summed E-state index contributed by atoms with van der Waals surface area (Å²) < 4.78 is 20.7. The third-order valence-corrected chi connectivity index (χ3v) is 6.38. The van der Waals surface area contributed by atoms with E-state index in [1.54, 1.807) is 65.3 Å².